The minimum atomic E-state index is -0.459. The number of aromatic nitrogens is 1. The van der Waals surface area contributed by atoms with Crippen molar-refractivity contribution in [1.82, 2.24) is 15.4 Å². The average Bonchev–Trinajstić information content (AvgIpc) is 2.97. The van der Waals surface area contributed by atoms with E-state index >= 15 is 0 Å². The van der Waals surface area contributed by atoms with Gasteiger partial charge in [0.05, 0.1) is 5.69 Å². The minimum absolute atomic E-state index is 0.186. The molecule has 0 bridgehead atoms. The molecule has 1 aromatic rings. The first-order valence-electron chi connectivity index (χ1n) is 8.33. The van der Waals surface area contributed by atoms with Crippen LogP contribution in [0.3, 0.4) is 0 Å². The average molecular weight is 323 g/mol. The van der Waals surface area contributed by atoms with Crippen molar-refractivity contribution in [3.05, 3.63) is 17.5 Å². The van der Waals surface area contributed by atoms with E-state index in [2.05, 4.69) is 22.4 Å². The number of aryl methyl sites for hydroxylation is 1. The fourth-order valence-corrected chi connectivity index (χ4v) is 3.14. The Morgan fingerprint density at radius 3 is 2.83 bits per heavy atom. The lowest BCUT2D eigenvalue weighted by Gasteiger charge is -2.27. The Bertz CT molecular complexity index is 521. The molecule has 1 amide bonds. The van der Waals surface area contributed by atoms with Gasteiger partial charge in [-0.2, -0.15) is 0 Å². The molecule has 23 heavy (non-hydrogen) atoms. The van der Waals surface area contributed by atoms with E-state index < -0.39 is 5.60 Å². The van der Waals surface area contributed by atoms with Crippen molar-refractivity contribution in [2.75, 3.05) is 13.6 Å². The van der Waals surface area contributed by atoms with Gasteiger partial charge >= 0.3 is 6.09 Å². The van der Waals surface area contributed by atoms with Crippen LogP contribution in [0, 0.1) is 12.8 Å². The molecular formula is C17H29N3O3. The first-order chi connectivity index (χ1) is 10.7. The van der Waals surface area contributed by atoms with Crippen molar-refractivity contribution in [3.63, 3.8) is 0 Å². The molecule has 1 heterocycles. The smallest absolute Gasteiger partial charge is 0.407 e. The predicted molar refractivity (Wildman–Crippen MR) is 88.1 cm³/mol. The van der Waals surface area contributed by atoms with Crippen LogP contribution in [0.4, 0.5) is 4.79 Å². The molecule has 1 aliphatic rings. The van der Waals surface area contributed by atoms with E-state index in [1.165, 1.54) is 0 Å². The van der Waals surface area contributed by atoms with E-state index in [0.717, 1.165) is 43.8 Å². The van der Waals surface area contributed by atoms with Crippen LogP contribution in [0.5, 0.6) is 0 Å². The Hall–Kier alpha value is -1.56. The highest BCUT2D eigenvalue weighted by Crippen LogP contribution is 2.27. The summed E-state index contributed by atoms with van der Waals surface area (Å²) in [6, 6.07) is 2.15. The van der Waals surface area contributed by atoms with Gasteiger partial charge in [-0.15, -0.1) is 0 Å². The van der Waals surface area contributed by atoms with Crippen LogP contribution in [0.2, 0.25) is 0 Å². The molecule has 0 aliphatic heterocycles. The largest absolute Gasteiger partial charge is 0.444 e. The van der Waals surface area contributed by atoms with Crippen molar-refractivity contribution in [3.8, 4) is 0 Å². The van der Waals surface area contributed by atoms with Crippen molar-refractivity contribution >= 4 is 6.09 Å². The molecule has 1 fully saturated rings. The fourth-order valence-electron chi connectivity index (χ4n) is 3.14. The zero-order chi connectivity index (χ0) is 17.0. The lowest BCUT2D eigenvalue weighted by molar-refractivity contribution is 0.0487. The van der Waals surface area contributed by atoms with Crippen molar-refractivity contribution in [2.24, 2.45) is 5.92 Å². The zero-order valence-electron chi connectivity index (χ0n) is 14.9. The number of ether oxygens (including phenoxy) is 1. The quantitative estimate of drug-likeness (QED) is 0.902. The molecule has 1 aliphatic carbocycles. The monoisotopic (exact) mass is 323 g/mol. The summed E-state index contributed by atoms with van der Waals surface area (Å²) in [6.07, 6.45) is 2.97. The summed E-state index contributed by atoms with van der Waals surface area (Å²) in [5.41, 5.74) is 0.486. The second kappa shape index (κ2) is 7.34. The maximum absolute atomic E-state index is 12.0. The van der Waals surface area contributed by atoms with E-state index in [1.54, 1.807) is 0 Å². The second-order valence-corrected chi connectivity index (χ2v) is 7.57. The van der Waals surface area contributed by atoms with Gasteiger partial charge in [-0.1, -0.05) is 11.6 Å². The third kappa shape index (κ3) is 5.86. The first-order valence-corrected chi connectivity index (χ1v) is 8.33. The van der Waals surface area contributed by atoms with E-state index in [9.17, 15) is 4.79 Å². The summed E-state index contributed by atoms with van der Waals surface area (Å²) >= 11 is 0. The maximum Gasteiger partial charge on any atom is 0.407 e. The maximum atomic E-state index is 12.0. The van der Waals surface area contributed by atoms with Crippen LogP contribution in [-0.4, -0.2) is 41.4 Å². The summed E-state index contributed by atoms with van der Waals surface area (Å²) in [4.78, 5) is 14.2. The number of hydrogen-bond donors (Lipinski definition) is 1. The molecule has 6 nitrogen and oxygen atoms in total. The highest BCUT2D eigenvalue weighted by molar-refractivity contribution is 5.68. The van der Waals surface area contributed by atoms with Gasteiger partial charge in [0.2, 0.25) is 0 Å². The van der Waals surface area contributed by atoms with Crippen LogP contribution in [-0.2, 0) is 11.3 Å². The summed E-state index contributed by atoms with van der Waals surface area (Å²) in [5.74, 6) is 1.28. The number of amides is 1. The van der Waals surface area contributed by atoms with E-state index in [0.29, 0.717) is 5.92 Å². The summed E-state index contributed by atoms with van der Waals surface area (Å²) in [6.45, 7) is 9.22. The number of alkyl carbamates (subject to hydrolysis) is 1. The normalized spacial score (nSPS) is 21.7. The lowest BCUT2D eigenvalue weighted by Crippen LogP contribution is -2.43. The van der Waals surface area contributed by atoms with Crippen LogP contribution in [0.1, 0.15) is 51.5 Å². The van der Waals surface area contributed by atoms with Crippen molar-refractivity contribution in [2.45, 2.75) is 65.1 Å². The van der Waals surface area contributed by atoms with Crippen LogP contribution in [0.15, 0.2) is 10.6 Å². The third-order valence-electron chi connectivity index (χ3n) is 4.02. The number of carbonyl (C=O) groups is 1. The minimum Gasteiger partial charge on any atom is -0.444 e. The van der Waals surface area contributed by atoms with Crippen LogP contribution in [0.25, 0.3) is 0 Å². The Kier molecular flexibility index (Phi) is 5.68. The molecule has 0 aromatic carbocycles. The van der Waals surface area contributed by atoms with E-state index in [-0.39, 0.29) is 12.1 Å². The van der Waals surface area contributed by atoms with E-state index in [1.807, 2.05) is 33.8 Å². The predicted octanol–water partition coefficient (Wildman–Crippen LogP) is 3.11. The molecule has 0 spiro atoms. The summed E-state index contributed by atoms with van der Waals surface area (Å²) in [7, 11) is 2.08. The molecule has 1 N–H and O–H groups in total. The molecule has 1 aromatic heterocycles. The van der Waals surface area contributed by atoms with Gasteiger partial charge in [0.15, 0.2) is 0 Å². The van der Waals surface area contributed by atoms with Crippen LogP contribution >= 0.6 is 0 Å². The van der Waals surface area contributed by atoms with Crippen molar-refractivity contribution < 1.29 is 14.1 Å². The molecule has 2 atom stereocenters. The summed E-state index contributed by atoms with van der Waals surface area (Å²) < 4.78 is 10.5. The van der Waals surface area contributed by atoms with E-state index in [4.69, 9.17) is 9.26 Å². The van der Waals surface area contributed by atoms with Gasteiger partial charge in [-0.25, -0.2) is 4.79 Å². The second-order valence-electron chi connectivity index (χ2n) is 7.57. The molecule has 6 heteroatoms. The van der Waals surface area contributed by atoms with Gasteiger partial charge in [-0.3, -0.25) is 0 Å². The number of nitrogens with one attached hydrogen (secondary N) is 1. The number of hydrogen-bond acceptors (Lipinski definition) is 5. The van der Waals surface area contributed by atoms with Gasteiger partial charge in [0.1, 0.15) is 11.4 Å². The molecule has 2 rings (SSSR count). The third-order valence-corrected chi connectivity index (χ3v) is 4.02. The van der Waals surface area contributed by atoms with Crippen LogP contribution < -0.4 is 5.32 Å². The molecule has 0 radical (unpaired) electrons. The lowest BCUT2D eigenvalue weighted by atomic mass is 10.0. The Morgan fingerprint density at radius 1 is 1.48 bits per heavy atom. The zero-order valence-corrected chi connectivity index (χ0v) is 14.9. The standard InChI is InChI=1S/C17H29N3O3/c1-12-9-14(19-23-12)11-20(5)10-13-7-6-8-15(13)18-16(21)22-17(2,3)4/h9,13,15H,6-8,10-11H2,1-5H3,(H,18,21)/t13-,15-/m0/s1. The molecule has 0 saturated heterocycles. The Labute approximate surface area is 138 Å². The highest BCUT2D eigenvalue weighted by Gasteiger charge is 2.30. The number of rotatable bonds is 5. The number of nitrogens with zero attached hydrogens (tertiary/aromatic N) is 2. The Morgan fingerprint density at radius 2 is 2.22 bits per heavy atom. The highest BCUT2D eigenvalue weighted by atomic mass is 16.6. The molecule has 0 unspecified atom stereocenters. The SMILES string of the molecule is Cc1cc(CN(C)C[C@@H]2CCC[C@@H]2NC(=O)OC(C)(C)C)no1. The van der Waals surface area contributed by atoms with Crippen molar-refractivity contribution in [1.29, 1.82) is 0 Å². The fraction of sp³-hybridized carbons (Fsp3) is 0.765. The van der Waals surface area contributed by atoms with Gasteiger partial charge in [0.25, 0.3) is 0 Å². The number of carbonyl (C=O) groups excluding carboxylic acids is 1. The molecule has 1 saturated carbocycles. The summed E-state index contributed by atoms with van der Waals surface area (Å²) in [5, 5.41) is 7.07. The first kappa shape index (κ1) is 17.8. The Balaban J connectivity index is 1.82. The topological polar surface area (TPSA) is 67.6 Å². The van der Waals surface area contributed by atoms with Gasteiger partial charge < -0.3 is 19.5 Å². The van der Waals surface area contributed by atoms with Gasteiger partial charge in [0, 0.05) is 25.2 Å². The van der Waals surface area contributed by atoms with Gasteiger partial charge in [-0.05, 0) is 53.5 Å². The molecule has 130 valence electrons. The molecular weight excluding hydrogens is 294 g/mol.